The number of rotatable bonds is 6. The Bertz CT molecular complexity index is 429. The molecule has 1 aromatic carbocycles. The molecular formula is C14H22ClN3O. The van der Waals surface area contributed by atoms with Gasteiger partial charge in [-0.2, -0.15) is 0 Å². The third-order valence-electron chi connectivity index (χ3n) is 3.37. The maximum atomic E-state index is 8.71. The lowest BCUT2D eigenvalue weighted by Gasteiger charge is -2.24. The summed E-state index contributed by atoms with van der Waals surface area (Å²) in [7, 11) is 0. The van der Waals surface area contributed by atoms with Crippen molar-refractivity contribution in [3.8, 4) is 0 Å². The van der Waals surface area contributed by atoms with Crippen LogP contribution in [0.5, 0.6) is 0 Å². The van der Waals surface area contributed by atoms with E-state index in [1.54, 1.807) is 0 Å². The molecule has 106 valence electrons. The van der Waals surface area contributed by atoms with Gasteiger partial charge in [-0.3, -0.25) is 0 Å². The summed E-state index contributed by atoms with van der Waals surface area (Å²) >= 11 is 5.86. The number of oxime groups is 1. The van der Waals surface area contributed by atoms with Gasteiger partial charge in [-0.15, -0.1) is 0 Å². The van der Waals surface area contributed by atoms with E-state index in [0.717, 1.165) is 18.0 Å². The molecule has 0 aliphatic carbocycles. The van der Waals surface area contributed by atoms with Crippen molar-refractivity contribution in [2.45, 2.75) is 33.2 Å². The molecule has 19 heavy (non-hydrogen) atoms. The molecule has 0 bridgehead atoms. The van der Waals surface area contributed by atoms with Crippen LogP contribution in [0.15, 0.2) is 29.4 Å². The van der Waals surface area contributed by atoms with E-state index in [-0.39, 0.29) is 17.3 Å². The fourth-order valence-corrected chi connectivity index (χ4v) is 1.86. The number of amidine groups is 1. The molecule has 1 rings (SSSR count). The lowest BCUT2D eigenvalue weighted by molar-refractivity contribution is 0.304. The first-order valence-electron chi connectivity index (χ1n) is 6.33. The zero-order valence-electron chi connectivity index (χ0n) is 11.7. The second kappa shape index (κ2) is 6.78. The van der Waals surface area contributed by atoms with Gasteiger partial charge >= 0.3 is 0 Å². The van der Waals surface area contributed by atoms with Crippen LogP contribution in [0.25, 0.3) is 0 Å². The minimum atomic E-state index is -0.318. The highest BCUT2D eigenvalue weighted by Crippen LogP contribution is 2.21. The second-order valence-electron chi connectivity index (χ2n) is 5.35. The van der Waals surface area contributed by atoms with E-state index in [4.69, 9.17) is 22.5 Å². The number of nitrogens with two attached hydrogens (primary N) is 1. The van der Waals surface area contributed by atoms with Crippen molar-refractivity contribution in [3.05, 3.63) is 34.9 Å². The number of hydrogen-bond donors (Lipinski definition) is 3. The molecule has 0 radical (unpaired) electrons. The van der Waals surface area contributed by atoms with Crippen molar-refractivity contribution in [1.29, 1.82) is 0 Å². The molecule has 0 saturated carbocycles. The van der Waals surface area contributed by atoms with Crippen LogP contribution in [-0.4, -0.2) is 17.6 Å². The van der Waals surface area contributed by atoms with Gasteiger partial charge in [0.1, 0.15) is 5.84 Å². The molecule has 0 saturated heterocycles. The Morgan fingerprint density at radius 1 is 1.42 bits per heavy atom. The van der Waals surface area contributed by atoms with E-state index < -0.39 is 0 Å². The molecule has 1 atom stereocenters. The summed E-state index contributed by atoms with van der Waals surface area (Å²) in [5.41, 5.74) is 6.52. The van der Waals surface area contributed by atoms with E-state index in [0.29, 0.717) is 0 Å². The fourth-order valence-electron chi connectivity index (χ4n) is 1.73. The zero-order valence-corrected chi connectivity index (χ0v) is 12.4. The molecule has 1 aromatic rings. The Kier molecular flexibility index (Phi) is 5.63. The van der Waals surface area contributed by atoms with Gasteiger partial charge < -0.3 is 16.3 Å². The normalized spacial score (nSPS) is 14.4. The van der Waals surface area contributed by atoms with Crippen LogP contribution in [0.3, 0.4) is 0 Å². The summed E-state index contributed by atoms with van der Waals surface area (Å²) in [6, 6.07) is 8.02. The van der Waals surface area contributed by atoms with Crippen molar-refractivity contribution in [2.75, 3.05) is 6.54 Å². The summed E-state index contributed by atoms with van der Waals surface area (Å²) in [4.78, 5) is 0. The molecular weight excluding hydrogens is 262 g/mol. The van der Waals surface area contributed by atoms with Crippen molar-refractivity contribution in [1.82, 2.24) is 5.32 Å². The first kappa shape index (κ1) is 15.8. The lowest BCUT2D eigenvalue weighted by atomic mass is 9.88. The van der Waals surface area contributed by atoms with Gasteiger partial charge in [-0.1, -0.05) is 42.7 Å². The smallest absolute Gasteiger partial charge is 0.144 e. The second-order valence-corrected chi connectivity index (χ2v) is 5.78. The number of nitrogens with zero attached hydrogens (tertiary/aromatic N) is 1. The Morgan fingerprint density at radius 3 is 2.53 bits per heavy atom. The third-order valence-corrected chi connectivity index (χ3v) is 3.62. The molecule has 0 amide bonds. The van der Waals surface area contributed by atoms with Crippen LogP contribution in [0, 0.1) is 5.41 Å². The topological polar surface area (TPSA) is 70.6 Å². The largest absolute Gasteiger partial charge is 0.409 e. The third kappa shape index (κ3) is 4.73. The number of halogens is 1. The SMILES string of the molecule is C[C@H](NCCC(C)(C)/C(N)=N/O)c1ccc(Cl)cc1. The number of benzene rings is 1. The van der Waals surface area contributed by atoms with Crippen LogP contribution >= 0.6 is 11.6 Å². The first-order chi connectivity index (χ1) is 8.86. The minimum Gasteiger partial charge on any atom is -0.409 e. The monoisotopic (exact) mass is 283 g/mol. The highest BCUT2D eigenvalue weighted by atomic mass is 35.5. The van der Waals surface area contributed by atoms with E-state index in [9.17, 15) is 0 Å². The molecule has 4 N–H and O–H groups in total. The lowest BCUT2D eigenvalue weighted by Crippen LogP contribution is -2.35. The summed E-state index contributed by atoms with van der Waals surface area (Å²) in [5, 5.41) is 15.9. The molecule has 5 heteroatoms. The first-order valence-corrected chi connectivity index (χ1v) is 6.71. The zero-order chi connectivity index (χ0) is 14.5. The fraction of sp³-hybridized carbons (Fsp3) is 0.500. The number of hydrogen-bond acceptors (Lipinski definition) is 3. The molecule has 0 unspecified atom stereocenters. The highest BCUT2D eigenvalue weighted by molar-refractivity contribution is 6.30. The van der Waals surface area contributed by atoms with E-state index in [2.05, 4.69) is 17.4 Å². The van der Waals surface area contributed by atoms with Gasteiger partial charge in [0, 0.05) is 16.5 Å². The minimum absolute atomic E-state index is 0.236. The van der Waals surface area contributed by atoms with E-state index >= 15 is 0 Å². The van der Waals surface area contributed by atoms with Crippen LogP contribution in [0.2, 0.25) is 5.02 Å². The average Bonchev–Trinajstić information content (AvgIpc) is 2.38. The Labute approximate surface area is 119 Å². The number of nitrogens with one attached hydrogen (secondary N) is 1. The Morgan fingerprint density at radius 2 is 2.00 bits per heavy atom. The summed E-state index contributed by atoms with van der Waals surface area (Å²) < 4.78 is 0. The van der Waals surface area contributed by atoms with Gasteiger partial charge in [0.25, 0.3) is 0 Å². The predicted molar refractivity (Wildman–Crippen MR) is 79.7 cm³/mol. The molecule has 0 fully saturated rings. The molecule has 0 aliphatic rings. The van der Waals surface area contributed by atoms with Crippen LogP contribution < -0.4 is 11.1 Å². The maximum absolute atomic E-state index is 8.71. The van der Waals surface area contributed by atoms with E-state index in [1.165, 1.54) is 5.56 Å². The highest BCUT2D eigenvalue weighted by Gasteiger charge is 2.23. The van der Waals surface area contributed by atoms with Crippen molar-refractivity contribution in [2.24, 2.45) is 16.3 Å². The molecule has 0 heterocycles. The van der Waals surface area contributed by atoms with Crippen LogP contribution in [0.1, 0.15) is 38.8 Å². The Hall–Kier alpha value is -1.26. The average molecular weight is 284 g/mol. The molecule has 0 aliphatic heterocycles. The molecule has 4 nitrogen and oxygen atoms in total. The summed E-state index contributed by atoms with van der Waals surface area (Å²) in [6.07, 6.45) is 0.792. The van der Waals surface area contributed by atoms with Gasteiger partial charge in [-0.25, -0.2) is 0 Å². The van der Waals surface area contributed by atoms with E-state index in [1.807, 2.05) is 38.1 Å². The summed E-state index contributed by atoms with van der Waals surface area (Å²) in [5.74, 6) is 0.258. The quantitative estimate of drug-likeness (QED) is 0.325. The van der Waals surface area contributed by atoms with Crippen LogP contribution in [0.4, 0.5) is 0 Å². The van der Waals surface area contributed by atoms with Crippen LogP contribution in [-0.2, 0) is 0 Å². The Balaban J connectivity index is 2.47. The molecule has 0 spiro atoms. The van der Waals surface area contributed by atoms with Gasteiger partial charge in [-0.05, 0) is 37.6 Å². The molecule has 0 aromatic heterocycles. The maximum Gasteiger partial charge on any atom is 0.144 e. The van der Waals surface area contributed by atoms with Gasteiger partial charge in [0.15, 0.2) is 0 Å². The van der Waals surface area contributed by atoms with Gasteiger partial charge in [0.05, 0.1) is 0 Å². The standard InChI is InChI=1S/C14H22ClN3O/c1-10(11-4-6-12(15)7-5-11)17-9-8-14(2,3)13(16)18-19/h4-7,10,17,19H,8-9H2,1-3H3,(H2,16,18)/t10-/m0/s1. The van der Waals surface area contributed by atoms with Crippen molar-refractivity contribution in [3.63, 3.8) is 0 Å². The predicted octanol–water partition coefficient (Wildman–Crippen LogP) is 3.15. The summed E-state index contributed by atoms with van der Waals surface area (Å²) in [6.45, 7) is 6.79. The van der Waals surface area contributed by atoms with Gasteiger partial charge in [0.2, 0.25) is 0 Å². The van der Waals surface area contributed by atoms with Crippen molar-refractivity contribution < 1.29 is 5.21 Å². The van der Waals surface area contributed by atoms with Crippen molar-refractivity contribution >= 4 is 17.4 Å².